The Kier molecular flexibility index (Phi) is 4.90. The number of fused-ring (bicyclic) bond motifs is 1. The number of amides is 1. The minimum absolute atomic E-state index is 0.0331. The fourth-order valence-electron chi connectivity index (χ4n) is 2.36. The SMILES string of the molecule is C[C@H](NC(=O)COC(=O)c1n[nH]c(=O)c2ccccc12)c1cccs1. The molecule has 1 amide bonds. The van der Waals surface area contributed by atoms with Crippen LogP contribution in [0, 0.1) is 0 Å². The summed E-state index contributed by atoms with van der Waals surface area (Å²) in [6, 6.07) is 10.2. The number of thiophene rings is 1. The van der Waals surface area contributed by atoms with Crippen LogP contribution in [-0.2, 0) is 9.53 Å². The van der Waals surface area contributed by atoms with Gasteiger partial charge in [0.2, 0.25) is 0 Å². The summed E-state index contributed by atoms with van der Waals surface area (Å²) in [4.78, 5) is 36.9. The highest BCUT2D eigenvalue weighted by molar-refractivity contribution is 7.10. The molecule has 0 aliphatic rings. The molecule has 0 aliphatic carbocycles. The Balaban J connectivity index is 1.66. The Bertz CT molecular complexity index is 965. The summed E-state index contributed by atoms with van der Waals surface area (Å²) < 4.78 is 5.02. The van der Waals surface area contributed by atoms with Crippen molar-refractivity contribution in [3.8, 4) is 0 Å². The van der Waals surface area contributed by atoms with E-state index in [1.807, 2.05) is 24.4 Å². The summed E-state index contributed by atoms with van der Waals surface area (Å²) in [7, 11) is 0. The summed E-state index contributed by atoms with van der Waals surface area (Å²) in [6.07, 6.45) is 0. The van der Waals surface area contributed by atoms with Crippen LogP contribution in [0.15, 0.2) is 46.6 Å². The van der Waals surface area contributed by atoms with E-state index in [4.69, 9.17) is 4.74 Å². The monoisotopic (exact) mass is 357 g/mol. The van der Waals surface area contributed by atoms with E-state index in [1.54, 1.807) is 24.3 Å². The molecule has 2 aromatic heterocycles. The molecule has 7 nitrogen and oxygen atoms in total. The number of aromatic nitrogens is 2. The molecule has 0 unspecified atom stereocenters. The lowest BCUT2D eigenvalue weighted by molar-refractivity contribution is -0.124. The minimum atomic E-state index is -0.772. The maximum absolute atomic E-state index is 12.2. The highest BCUT2D eigenvalue weighted by atomic mass is 32.1. The molecule has 0 saturated heterocycles. The van der Waals surface area contributed by atoms with Crippen molar-refractivity contribution in [3.63, 3.8) is 0 Å². The molecule has 128 valence electrons. The van der Waals surface area contributed by atoms with Gasteiger partial charge in [-0.15, -0.1) is 11.3 Å². The molecule has 2 N–H and O–H groups in total. The number of carbonyl (C=O) groups is 2. The number of benzene rings is 1. The molecule has 3 aromatic rings. The Morgan fingerprint density at radius 2 is 2.00 bits per heavy atom. The molecule has 0 radical (unpaired) electrons. The van der Waals surface area contributed by atoms with E-state index in [1.165, 1.54) is 11.3 Å². The summed E-state index contributed by atoms with van der Waals surface area (Å²) in [5.74, 6) is -1.19. The predicted octanol–water partition coefficient (Wildman–Crippen LogP) is 2.02. The van der Waals surface area contributed by atoms with E-state index < -0.39 is 24.0 Å². The van der Waals surface area contributed by atoms with Gasteiger partial charge in [0.25, 0.3) is 11.5 Å². The third-order valence-electron chi connectivity index (χ3n) is 3.57. The topological polar surface area (TPSA) is 101 Å². The summed E-state index contributed by atoms with van der Waals surface area (Å²) in [5.41, 5.74) is -0.427. The van der Waals surface area contributed by atoms with Crippen LogP contribution in [0.2, 0.25) is 0 Å². The van der Waals surface area contributed by atoms with Gasteiger partial charge in [0.05, 0.1) is 11.4 Å². The fourth-order valence-corrected chi connectivity index (χ4v) is 3.10. The van der Waals surface area contributed by atoms with Crippen LogP contribution >= 0.6 is 11.3 Å². The maximum Gasteiger partial charge on any atom is 0.359 e. The molecule has 1 atom stereocenters. The molecule has 0 fully saturated rings. The van der Waals surface area contributed by atoms with Crippen LogP contribution in [0.4, 0.5) is 0 Å². The molecule has 0 bridgehead atoms. The standard InChI is InChI=1S/C17H15N3O4S/c1-10(13-7-4-8-25-13)18-14(21)9-24-17(23)15-11-5-2-3-6-12(11)16(22)20-19-15/h2-8,10H,9H2,1H3,(H,18,21)(H,20,22)/t10-/m0/s1. The first kappa shape index (κ1) is 16.8. The van der Waals surface area contributed by atoms with Crippen molar-refractivity contribution in [3.05, 3.63) is 62.7 Å². The summed E-state index contributed by atoms with van der Waals surface area (Å²) >= 11 is 1.53. The fraction of sp³-hybridized carbons (Fsp3) is 0.176. The first-order chi connectivity index (χ1) is 12.1. The van der Waals surface area contributed by atoms with E-state index in [0.717, 1.165) is 4.88 Å². The number of hydrogen-bond donors (Lipinski definition) is 2. The van der Waals surface area contributed by atoms with Crippen LogP contribution in [0.25, 0.3) is 10.8 Å². The average molecular weight is 357 g/mol. The smallest absolute Gasteiger partial charge is 0.359 e. The van der Waals surface area contributed by atoms with E-state index in [0.29, 0.717) is 10.8 Å². The average Bonchev–Trinajstić information content (AvgIpc) is 3.15. The molecule has 3 rings (SSSR count). The van der Waals surface area contributed by atoms with E-state index in [2.05, 4.69) is 15.5 Å². The van der Waals surface area contributed by atoms with Gasteiger partial charge in [-0.25, -0.2) is 9.89 Å². The first-order valence-corrected chi connectivity index (χ1v) is 8.41. The molecule has 8 heteroatoms. The maximum atomic E-state index is 12.2. The molecule has 0 aliphatic heterocycles. The Morgan fingerprint density at radius 1 is 1.24 bits per heavy atom. The van der Waals surface area contributed by atoms with E-state index >= 15 is 0 Å². The number of esters is 1. The Labute approximate surface area is 146 Å². The van der Waals surface area contributed by atoms with Gasteiger partial charge in [0.15, 0.2) is 12.3 Å². The lowest BCUT2D eigenvalue weighted by atomic mass is 10.1. The Hall–Kier alpha value is -3.00. The van der Waals surface area contributed by atoms with Crippen LogP contribution < -0.4 is 10.9 Å². The third kappa shape index (κ3) is 3.74. The first-order valence-electron chi connectivity index (χ1n) is 7.53. The van der Waals surface area contributed by atoms with Gasteiger partial charge < -0.3 is 10.1 Å². The second-order valence-corrected chi connectivity index (χ2v) is 6.31. The molecule has 0 spiro atoms. The molecule has 0 saturated carbocycles. The lowest BCUT2D eigenvalue weighted by Crippen LogP contribution is -2.31. The second kappa shape index (κ2) is 7.27. The lowest BCUT2D eigenvalue weighted by Gasteiger charge is -2.12. The van der Waals surface area contributed by atoms with Gasteiger partial charge in [0, 0.05) is 10.3 Å². The van der Waals surface area contributed by atoms with Crippen LogP contribution in [-0.4, -0.2) is 28.7 Å². The molecule has 25 heavy (non-hydrogen) atoms. The molecular weight excluding hydrogens is 342 g/mol. The highest BCUT2D eigenvalue weighted by Gasteiger charge is 2.17. The zero-order valence-corrected chi connectivity index (χ0v) is 14.1. The van der Waals surface area contributed by atoms with Gasteiger partial charge in [-0.1, -0.05) is 24.3 Å². The predicted molar refractivity (Wildman–Crippen MR) is 93.5 cm³/mol. The number of H-pyrrole nitrogens is 1. The van der Waals surface area contributed by atoms with E-state index in [9.17, 15) is 14.4 Å². The van der Waals surface area contributed by atoms with Crippen molar-refractivity contribution < 1.29 is 14.3 Å². The molecule has 1 aromatic carbocycles. The van der Waals surface area contributed by atoms with Crippen molar-refractivity contribution >= 4 is 34.0 Å². The van der Waals surface area contributed by atoms with Crippen molar-refractivity contribution in [2.45, 2.75) is 13.0 Å². The van der Waals surface area contributed by atoms with Crippen LogP contribution in [0.3, 0.4) is 0 Å². The van der Waals surface area contributed by atoms with Crippen molar-refractivity contribution in [1.29, 1.82) is 0 Å². The van der Waals surface area contributed by atoms with Gasteiger partial charge >= 0.3 is 5.97 Å². The minimum Gasteiger partial charge on any atom is -0.451 e. The molecular formula is C17H15N3O4S. The number of aromatic amines is 1. The highest BCUT2D eigenvalue weighted by Crippen LogP contribution is 2.18. The zero-order valence-electron chi connectivity index (χ0n) is 13.3. The van der Waals surface area contributed by atoms with E-state index in [-0.39, 0.29) is 11.7 Å². The number of ether oxygens (including phenoxy) is 1. The number of nitrogens with zero attached hydrogens (tertiary/aromatic N) is 1. The van der Waals surface area contributed by atoms with Gasteiger partial charge in [-0.3, -0.25) is 9.59 Å². The van der Waals surface area contributed by atoms with Gasteiger partial charge in [-0.2, -0.15) is 5.10 Å². The van der Waals surface area contributed by atoms with Gasteiger partial charge in [-0.05, 0) is 24.4 Å². The third-order valence-corrected chi connectivity index (χ3v) is 4.63. The largest absolute Gasteiger partial charge is 0.451 e. The Morgan fingerprint density at radius 3 is 2.72 bits per heavy atom. The van der Waals surface area contributed by atoms with Crippen LogP contribution in [0.5, 0.6) is 0 Å². The van der Waals surface area contributed by atoms with Gasteiger partial charge in [0.1, 0.15) is 0 Å². The summed E-state index contributed by atoms with van der Waals surface area (Å²) in [5, 5.41) is 11.4. The van der Waals surface area contributed by atoms with Crippen molar-refractivity contribution in [1.82, 2.24) is 15.5 Å². The number of nitrogens with one attached hydrogen (secondary N) is 2. The number of hydrogen-bond acceptors (Lipinski definition) is 6. The van der Waals surface area contributed by atoms with Crippen molar-refractivity contribution in [2.75, 3.05) is 6.61 Å². The normalized spacial score (nSPS) is 11.9. The zero-order chi connectivity index (χ0) is 17.8. The quantitative estimate of drug-likeness (QED) is 0.680. The number of rotatable bonds is 5. The second-order valence-electron chi connectivity index (χ2n) is 5.33. The van der Waals surface area contributed by atoms with Crippen LogP contribution in [0.1, 0.15) is 28.3 Å². The van der Waals surface area contributed by atoms with Crippen molar-refractivity contribution in [2.24, 2.45) is 0 Å². The molecule has 2 heterocycles. The number of carbonyl (C=O) groups excluding carboxylic acids is 2. The summed E-state index contributed by atoms with van der Waals surface area (Å²) in [6.45, 7) is 1.42.